The number of fused-ring (bicyclic) bond motifs is 1. The Morgan fingerprint density at radius 2 is 2.04 bits per heavy atom. The number of amides is 1. The Balaban J connectivity index is 1.63. The number of anilines is 1. The summed E-state index contributed by atoms with van der Waals surface area (Å²) in [5.41, 5.74) is 6.50. The zero-order valence-corrected chi connectivity index (χ0v) is 28.3. The average molecular weight is 682 g/mol. The van der Waals surface area contributed by atoms with Crippen molar-refractivity contribution in [1.82, 2.24) is 20.4 Å². The summed E-state index contributed by atoms with van der Waals surface area (Å²) in [5, 5.41) is 10.3. The lowest BCUT2D eigenvalue weighted by Crippen LogP contribution is -2.57. The zero-order chi connectivity index (χ0) is 34.5. The van der Waals surface area contributed by atoms with Crippen molar-refractivity contribution in [1.29, 1.82) is 0 Å². The molecular weight excluding hydrogens is 638 g/mol. The number of piperidine rings is 1. The largest absolute Gasteiger partial charge is 0.478 e. The second kappa shape index (κ2) is 15.5. The minimum Gasteiger partial charge on any atom is -0.478 e. The topological polar surface area (TPSA) is 131 Å². The van der Waals surface area contributed by atoms with Gasteiger partial charge in [-0.3, -0.25) is 14.7 Å². The quantitative estimate of drug-likeness (QED) is 0.0839. The number of ether oxygens (including phenoxy) is 1. The van der Waals surface area contributed by atoms with Gasteiger partial charge in [-0.2, -0.15) is 18.2 Å². The molecule has 3 heterocycles. The van der Waals surface area contributed by atoms with Crippen LogP contribution in [0.4, 0.5) is 23.2 Å². The highest BCUT2D eigenvalue weighted by molar-refractivity contribution is 7.23. The Bertz CT molecular complexity index is 1590. The minimum absolute atomic E-state index is 0.000493. The Labute approximate surface area is 275 Å². The molecule has 10 nitrogen and oxygen atoms in total. The molecule has 15 heteroatoms. The summed E-state index contributed by atoms with van der Waals surface area (Å²) in [6, 6.07) is 4.43. The number of likely N-dealkylation sites (tertiary alicyclic amines) is 1. The third-order valence-electron chi connectivity index (χ3n) is 8.21. The van der Waals surface area contributed by atoms with Gasteiger partial charge in [-0.05, 0) is 49.2 Å². The van der Waals surface area contributed by atoms with E-state index in [0.29, 0.717) is 35.2 Å². The number of rotatable bonds is 13. The predicted octanol–water partition coefficient (Wildman–Crippen LogP) is 6.23. The van der Waals surface area contributed by atoms with E-state index in [-0.39, 0.29) is 58.2 Å². The molecule has 1 fully saturated rings. The molecule has 0 bridgehead atoms. The van der Waals surface area contributed by atoms with E-state index >= 15 is 4.39 Å². The molecule has 1 saturated heterocycles. The maximum absolute atomic E-state index is 15.7. The first-order chi connectivity index (χ1) is 22.3. The van der Waals surface area contributed by atoms with Crippen molar-refractivity contribution < 1.29 is 31.6 Å². The van der Waals surface area contributed by atoms with Crippen LogP contribution in [0.2, 0.25) is 0 Å². The summed E-state index contributed by atoms with van der Waals surface area (Å²) in [6.45, 7) is 7.96. The monoisotopic (exact) mass is 681 g/mol. The van der Waals surface area contributed by atoms with Crippen LogP contribution in [0.25, 0.3) is 20.8 Å². The molecule has 1 aliphatic heterocycles. The molecular formula is C32H43F4N7O3S. The van der Waals surface area contributed by atoms with Crippen LogP contribution < -0.4 is 16.4 Å². The molecule has 3 aromatic rings. The first kappa shape index (κ1) is 36.1. The van der Waals surface area contributed by atoms with Crippen molar-refractivity contribution >= 4 is 39.2 Å². The van der Waals surface area contributed by atoms with Gasteiger partial charge in [0.15, 0.2) is 5.88 Å². The van der Waals surface area contributed by atoms with Crippen LogP contribution >= 0.6 is 11.3 Å². The van der Waals surface area contributed by atoms with Crippen molar-refractivity contribution in [2.75, 3.05) is 26.0 Å². The first-order valence-corrected chi connectivity index (χ1v) is 16.5. The van der Waals surface area contributed by atoms with E-state index in [0.717, 1.165) is 17.8 Å². The van der Waals surface area contributed by atoms with Crippen molar-refractivity contribution in [2.24, 2.45) is 16.6 Å². The van der Waals surface area contributed by atoms with Crippen molar-refractivity contribution in [3.63, 3.8) is 0 Å². The van der Waals surface area contributed by atoms with Gasteiger partial charge in [-0.25, -0.2) is 4.39 Å². The minimum atomic E-state index is -4.52. The summed E-state index contributed by atoms with van der Waals surface area (Å²) in [5.74, 6) is -0.615. The van der Waals surface area contributed by atoms with Gasteiger partial charge in [-0.1, -0.05) is 45.0 Å². The van der Waals surface area contributed by atoms with Gasteiger partial charge in [0, 0.05) is 25.3 Å². The summed E-state index contributed by atoms with van der Waals surface area (Å²) in [7, 11) is 3.42. The maximum atomic E-state index is 15.7. The average Bonchev–Trinajstić information content (AvgIpc) is 3.63. The Morgan fingerprint density at radius 3 is 2.68 bits per heavy atom. The number of carbonyl (C=O) groups excluding carboxylic acids is 1. The van der Waals surface area contributed by atoms with E-state index in [1.165, 1.54) is 13.3 Å². The van der Waals surface area contributed by atoms with Crippen LogP contribution in [-0.2, 0) is 22.5 Å². The molecule has 258 valence electrons. The highest BCUT2D eigenvalue weighted by Crippen LogP contribution is 2.44. The number of carbonyl (C=O) groups is 1. The van der Waals surface area contributed by atoms with Gasteiger partial charge < -0.3 is 25.6 Å². The fourth-order valence-electron chi connectivity index (χ4n) is 5.87. The van der Waals surface area contributed by atoms with E-state index < -0.39 is 30.7 Å². The standard InChI is InChI=1S/C32H43F4N7O3S/c1-7-18-12-23(26(33)24(8-2)43(18)6)40-22-11-9-10-19-20(13-32(34,35)36)28(47-27(19)22)30-41-25(46-42-30)15-39-31(44)21(14-38-5)29(37)45-16-17(3)4/h9-11,14,17-18,23-24,26,40H,7-8,12-13,15-16,37H2,1-6H3,(H,39,44)/b29-21-,38-14?. The highest BCUT2D eigenvalue weighted by atomic mass is 32.1. The van der Waals surface area contributed by atoms with Gasteiger partial charge >= 0.3 is 6.18 Å². The predicted molar refractivity (Wildman–Crippen MR) is 176 cm³/mol. The molecule has 4 rings (SSSR count). The number of halogens is 4. The summed E-state index contributed by atoms with van der Waals surface area (Å²) < 4.78 is 68.7. The number of aliphatic imine (C=N–C) groups is 1. The van der Waals surface area contributed by atoms with Gasteiger partial charge in [0.2, 0.25) is 11.7 Å². The Kier molecular flexibility index (Phi) is 11.9. The molecule has 0 radical (unpaired) electrons. The lowest BCUT2D eigenvalue weighted by molar-refractivity contribution is -0.126. The fourth-order valence-corrected chi connectivity index (χ4v) is 7.09. The van der Waals surface area contributed by atoms with Crippen molar-refractivity contribution in [2.45, 2.75) is 90.4 Å². The van der Waals surface area contributed by atoms with Gasteiger partial charge in [0.25, 0.3) is 5.91 Å². The Hall–Kier alpha value is -3.72. The Morgan fingerprint density at radius 1 is 1.30 bits per heavy atom. The smallest absolute Gasteiger partial charge is 0.393 e. The van der Waals surface area contributed by atoms with Crippen LogP contribution in [-0.4, -0.2) is 78.3 Å². The second-order valence-corrected chi connectivity index (χ2v) is 13.1. The molecule has 1 amide bonds. The highest BCUT2D eigenvalue weighted by Gasteiger charge is 2.40. The van der Waals surface area contributed by atoms with Crippen LogP contribution in [0.15, 0.2) is 39.2 Å². The van der Waals surface area contributed by atoms with Gasteiger partial charge in [0.1, 0.15) is 11.7 Å². The van der Waals surface area contributed by atoms with E-state index in [4.69, 9.17) is 15.0 Å². The first-order valence-electron chi connectivity index (χ1n) is 15.7. The number of hydrogen-bond donors (Lipinski definition) is 3. The number of aromatic nitrogens is 2. The SMILES string of the molecule is CCC1CC(Nc2cccc3c(CC(F)(F)F)c(-c4noc(CNC(=O)/C(C=NC)=C(/N)OCC(C)C)n4)sc23)C(F)C(CC)N1C. The summed E-state index contributed by atoms with van der Waals surface area (Å²) in [6.07, 6.45) is -3.59. The molecule has 1 aliphatic rings. The van der Waals surface area contributed by atoms with Crippen LogP contribution in [0, 0.1) is 5.92 Å². The normalized spacial score (nSPS) is 21.4. The molecule has 1 aromatic carbocycles. The number of nitrogens with two attached hydrogens (primary N) is 1. The molecule has 4 atom stereocenters. The van der Waals surface area contributed by atoms with E-state index in [2.05, 4.69) is 37.6 Å². The number of thiophene rings is 1. The van der Waals surface area contributed by atoms with E-state index in [1.54, 1.807) is 18.2 Å². The second-order valence-electron chi connectivity index (χ2n) is 12.1. The number of benzene rings is 1. The third kappa shape index (κ3) is 8.61. The molecule has 4 unspecified atom stereocenters. The van der Waals surface area contributed by atoms with E-state index in [1.807, 2.05) is 27.8 Å². The van der Waals surface area contributed by atoms with E-state index in [9.17, 15) is 18.0 Å². The molecule has 47 heavy (non-hydrogen) atoms. The van der Waals surface area contributed by atoms with Crippen LogP contribution in [0.3, 0.4) is 0 Å². The number of hydrogen-bond acceptors (Lipinski definition) is 10. The molecule has 0 saturated carbocycles. The summed E-state index contributed by atoms with van der Waals surface area (Å²) in [4.78, 5) is 23.3. The maximum Gasteiger partial charge on any atom is 0.393 e. The molecule has 0 spiro atoms. The van der Waals surface area contributed by atoms with Crippen molar-refractivity contribution in [3.8, 4) is 10.7 Å². The van der Waals surface area contributed by atoms with Crippen molar-refractivity contribution in [3.05, 3.63) is 41.1 Å². The molecule has 2 aromatic heterocycles. The van der Waals surface area contributed by atoms with Gasteiger partial charge in [-0.15, -0.1) is 11.3 Å². The number of nitrogens with zero attached hydrogens (tertiary/aromatic N) is 4. The number of alkyl halides is 4. The lowest BCUT2D eigenvalue weighted by atomic mass is 9.87. The summed E-state index contributed by atoms with van der Waals surface area (Å²) >= 11 is 1.08. The lowest BCUT2D eigenvalue weighted by Gasteiger charge is -2.45. The molecule has 0 aliphatic carbocycles. The van der Waals surface area contributed by atoms with Crippen LogP contribution in [0.1, 0.15) is 58.4 Å². The zero-order valence-electron chi connectivity index (χ0n) is 27.4. The molecule has 4 N–H and O–H groups in total. The van der Waals surface area contributed by atoms with Crippen LogP contribution in [0.5, 0.6) is 0 Å². The fraction of sp³-hybridized carbons (Fsp3) is 0.562. The third-order valence-corrected chi connectivity index (χ3v) is 9.49. The number of nitrogens with one attached hydrogen (secondary N) is 2. The van der Waals surface area contributed by atoms with Gasteiger partial charge in [0.05, 0.1) is 40.9 Å².